The zero-order chi connectivity index (χ0) is 33.8. The second kappa shape index (κ2) is 17.4. The van der Waals surface area contributed by atoms with Crippen LogP contribution in [-0.4, -0.2) is 46.9 Å². The van der Waals surface area contributed by atoms with Crippen molar-refractivity contribution in [1.29, 1.82) is 5.26 Å². The van der Waals surface area contributed by atoms with Crippen LogP contribution in [0.25, 0.3) is 10.8 Å². The number of nitrogens with one attached hydrogen (secondary N) is 2. The Morgan fingerprint density at radius 2 is 1.70 bits per heavy atom. The van der Waals surface area contributed by atoms with Crippen molar-refractivity contribution < 1.29 is 29.0 Å². The Labute approximate surface area is 276 Å². The van der Waals surface area contributed by atoms with E-state index in [1.54, 1.807) is 6.07 Å². The highest BCUT2D eigenvalue weighted by atomic mass is 16.5. The van der Waals surface area contributed by atoms with Crippen LogP contribution in [0.5, 0.6) is 0 Å². The van der Waals surface area contributed by atoms with E-state index >= 15 is 0 Å². The molecule has 3 aromatic rings. The van der Waals surface area contributed by atoms with E-state index in [1.807, 2.05) is 86.6 Å². The largest absolute Gasteiger partial charge is 0.445 e. The number of alkyl carbamates (subject to hydrolysis) is 1. The van der Waals surface area contributed by atoms with E-state index in [0.29, 0.717) is 19.3 Å². The molecule has 0 saturated heterocycles. The molecule has 0 aliphatic heterocycles. The maximum absolute atomic E-state index is 14.0. The number of ether oxygens (including phenoxy) is 1. The molecule has 0 aromatic heterocycles. The predicted octanol–water partition coefficient (Wildman–Crippen LogP) is 5.82. The number of amides is 2. The monoisotopic (exact) mass is 639 g/mol. The minimum absolute atomic E-state index is 0.0341. The number of nitrogens with zero attached hydrogens (tertiary/aromatic N) is 1. The third kappa shape index (κ3) is 10.5. The van der Waals surface area contributed by atoms with Gasteiger partial charge in [0.05, 0.1) is 18.2 Å². The summed E-state index contributed by atoms with van der Waals surface area (Å²) >= 11 is 0. The molecule has 5 atom stereocenters. The average molecular weight is 640 g/mol. The Morgan fingerprint density at radius 1 is 0.979 bits per heavy atom. The van der Waals surface area contributed by atoms with Gasteiger partial charge < -0.3 is 20.5 Å². The van der Waals surface area contributed by atoms with E-state index in [-0.39, 0.29) is 49.3 Å². The zero-order valence-corrected chi connectivity index (χ0v) is 27.2. The minimum Gasteiger partial charge on any atom is -0.445 e. The number of hydrogen-bond acceptors (Lipinski definition) is 7. The van der Waals surface area contributed by atoms with Crippen LogP contribution in [0.3, 0.4) is 0 Å². The van der Waals surface area contributed by atoms with E-state index in [4.69, 9.17) is 4.74 Å². The summed E-state index contributed by atoms with van der Waals surface area (Å²) in [6, 6.07) is 22.7. The molecule has 47 heavy (non-hydrogen) atoms. The number of ketones is 2. The van der Waals surface area contributed by atoms with Gasteiger partial charge in [-0.25, -0.2) is 4.79 Å². The summed E-state index contributed by atoms with van der Waals surface area (Å²) < 4.78 is 5.46. The number of carbonyl (C=O) groups is 4. The summed E-state index contributed by atoms with van der Waals surface area (Å²) in [5.41, 5.74) is 1.67. The number of benzene rings is 3. The number of aliphatic hydroxyl groups is 1. The highest BCUT2D eigenvalue weighted by Gasteiger charge is 2.34. The molecule has 4 rings (SSSR count). The first-order chi connectivity index (χ1) is 22.6. The molecule has 9 nitrogen and oxygen atoms in total. The molecule has 0 radical (unpaired) electrons. The standard InChI is InChI=1S/C38H45N3O6/c1-25(2)19-30(37(45)40-33(36(44)23-39)21-29-14-7-9-18-34(29)42)22-35(43)32(41-38(46)47-24-26-11-4-3-5-12-26)20-28-16-10-15-27-13-6-8-17-31(27)28/h3-6,8,10-13,15-17,25,29-30,32-33,36,44H,7,9,14,18-22,24H2,1-2H3,(H,40,45)(H,41,46)/t29-,30+,32-,33-,36?/m0/s1. The van der Waals surface area contributed by atoms with Crippen LogP contribution >= 0.6 is 0 Å². The lowest BCUT2D eigenvalue weighted by Crippen LogP contribution is -2.49. The van der Waals surface area contributed by atoms with Crippen LogP contribution in [0.4, 0.5) is 4.79 Å². The fraction of sp³-hybridized carbons (Fsp3) is 0.447. The van der Waals surface area contributed by atoms with Crippen molar-refractivity contribution in [3.63, 3.8) is 0 Å². The molecule has 3 aromatic carbocycles. The Hall–Kier alpha value is -4.55. The van der Waals surface area contributed by atoms with Crippen LogP contribution in [0.2, 0.25) is 0 Å². The molecule has 9 heteroatoms. The lowest BCUT2D eigenvalue weighted by atomic mass is 9.82. The molecule has 1 fully saturated rings. The predicted molar refractivity (Wildman–Crippen MR) is 179 cm³/mol. The van der Waals surface area contributed by atoms with Crippen LogP contribution < -0.4 is 10.6 Å². The Kier molecular flexibility index (Phi) is 13.1. The van der Waals surface area contributed by atoms with Crippen molar-refractivity contribution in [2.24, 2.45) is 17.8 Å². The molecule has 1 unspecified atom stereocenters. The number of hydrogen-bond donors (Lipinski definition) is 3. The molecule has 0 heterocycles. The first-order valence-electron chi connectivity index (χ1n) is 16.5. The lowest BCUT2D eigenvalue weighted by Gasteiger charge is -2.29. The number of Topliss-reactive ketones (excluding diaryl/α,β-unsaturated/α-hetero) is 2. The van der Waals surface area contributed by atoms with Gasteiger partial charge in [0.1, 0.15) is 12.4 Å². The summed E-state index contributed by atoms with van der Waals surface area (Å²) in [4.78, 5) is 53.3. The number of carbonyl (C=O) groups excluding carboxylic acids is 4. The van der Waals surface area contributed by atoms with Gasteiger partial charge in [-0.1, -0.05) is 93.1 Å². The summed E-state index contributed by atoms with van der Waals surface area (Å²) in [5, 5.41) is 27.5. The zero-order valence-electron chi connectivity index (χ0n) is 27.2. The highest BCUT2D eigenvalue weighted by molar-refractivity contribution is 5.93. The molecule has 248 valence electrons. The van der Waals surface area contributed by atoms with Crippen molar-refractivity contribution in [2.75, 3.05) is 0 Å². The van der Waals surface area contributed by atoms with Gasteiger partial charge >= 0.3 is 6.09 Å². The van der Waals surface area contributed by atoms with Crippen LogP contribution in [0.15, 0.2) is 72.8 Å². The van der Waals surface area contributed by atoms with E-state index in [2.05, 4.69) is 10.6 Å². The molecular weight excluding hydrogens is 594 g/mol. The average Bonchev–Trinajstić information content (AvgIpc) is 3.07. The van der Waals surface area contributed by atoms with Gasteiger partial charge in [0, 0.05) is 31.1 Å². The molecule has 3 N–H and O–H groups in total. The maximum atomic E-state index is 14.0. The third-order valence-corrected chi connectivity index (χ3v) is 8.83. The normalized spacial score (nSPS) is 17.3. The summed E-state index contributed by atoms with van der Waals surface area (Å²) in [7, 11) is 0. The van der Waals surface area contributed by atoms with Crippen molar-refractivity contribution in [3.8, 4) is 6.07 Å². The van der Waals surface area contributed by atoms with E-state index in [1.165, 1.54) is 0 Å². The van der Waals surface area contributed by atoms with Gasteiger partial charge in [-0.3, -0.25) is 14.4 Å². The van der Waals surface area contributed by atoms with Crippen molar-refractivity contribution in [2.45, 2.75) is 90.0 Å². The Bertz CT molecular complexity index is 1560. The minimum atomic E-state index is -1.50. The number of rotatable bonds is 15. The van der Waals surface area contributed by atoms with Gasteiger partial charge in [0.25, 0.3) is 0 Å². The van der Waals surface area contributed by atoms with E-state index < -0.39 is 36.1 Å². The van der Waals surface area contributed by atoms with Gasteiger partial charge in [-0.2, -0.15) is 5.26 Å². The maximum Gasteiger partial charge on any atom is 0.408 e. The Balaban J connectivity index is 1.53. The van der Waals surface area contributed by atoms with Gasteiger partial charge in [-0.15, -0.1) is 0 Å². The first kappa shape index (κ1) is 35.3. The fourth-order valence-corrected chi connectivity index (χ4v) is 6.35. The summed E-state index contributed by atoms with van der Waals surface area (Å²) in [5.74, 6) is -1.79. The second-order valence-electron chi connectivity index (χ2n) is 12.9. The summed E-state index contributed by atoms with van der Waals surface area (Å²) in [6.07, 6.45) is 1.12. The number of aliphatic hydroxyl groups excluding tert-OH is 1. The molecule has 1 aliphatic carbocycles. The van der Waals surface area contributed by atoms with Crippen LogP contribution in [-0.2, 0) is 32.1 Å². The molecule has 1 aliphatic rings. The topological polar surface area (TPSA) is 146 Å². The smallest absolute Gasteiger partial charge is 0.408 e. The summed E-state index contributed by atoms with van der Waals surface area (Å²) in [6.45, 7) is 3.92. The Morgan fingerprint density at radius 3 is 2.43 bits per heavy atom. The number of fused-ring (bicyclic) bond motifs is 1. The molecule has 2 amide bonds. The number of nitriles is 1. The van der Waals surface area contributed by atoms with Gasteiger partial charge in [-0.05, 0) is 53.5 Å². The van der Waals surface area contributed by atoms with E-state index in [9.17, 15) is 29.5 Å². The molecule has 0 bridgehead atoms. The third-order valence-electron chi connectivity index (χ3n) is 8.83. The molecule has 1 saturated carbocycles. The highest BCUT2D eigenvalue weighted by Crippen LogP contribution is 2.27. The SMILES string of the molecule is CC(C)C[C@H](CC(=O)[C@H](Cc1cccc2ccccc12)NC(=O)OCc1ccccc1)C(=O)N[C@@H](C[C@@H]1CCCCC1=O)C(O)C#N. The quantitative estimate of drug-likeness (QED) is 0.178. The van der Waals surface area contributed by atoms with Crippen molar-refractivity contribution in [3.05, 3.63) is 83.9 Å². The van der Waals surface area contributed by atoms with E-state index in [0.717, 1.165) is 34.7 Å². The van der Waals surface area contributed by atoms with Crippen LogP contribution in [0, 0.1) is 29.1 Å². The van der Waals surface area contributed by atoms with Crippen molar-refractivity contribution >= 4 is 34.3 Å². The van der Waals surface area contributed by atoms with Gasteiger partial charge in [0.2, 0.25) is 5.91 Å². The molecule has 0 spiro atoms. The van der Waals surface area contributed by atoms with Crippen LogP contribution in [0.1, 0.15) is 69.9 Å². The molecular formula is C38H45N3O6. The fourth-order valence-electron chi connectivity index (χ4n) is 6.35. The lowest BCUT2D eigenvalue weighted by molar-refractivity contribution is -0.132. The second-order valence-corrected chi connectivity index (χ2v) is 12.9. The first-order valence-corrected chi connectivity index (χ1v) is 16.5. The van der Waals surface area contributed by atoms with Gasteiger partial charge in [0.15, 0.2) is 11.9 Å². The van der Waals surface area contributed by atoms with Crippen molar-refractivity contribution in [1.82, 2.24) is 10.6 Å².